The normalized spacial score (nSPS) is 20.5. The number of rotatable bonds is 4. The first-order valence-electron chi connectivity index (χ1n) is 9.19. The average Bonchev–Trinajstić information content (AvgIpc) is 2.96. The predicted molar refractivity (Wildman–Crippen MR) is 108 cm³/mol. The van der Waals surface area contributed by atoms with E-state index in [4.69, 9.17) is 0 Å². The molecule has 4 heteroatoms. The number of benzene rings is 1. The van der Waals surface area contributed by atoms with Crippen LogP contribution in [0.2, 0.25) is 0 Å². The van der Waals surface area contributed by atoms with Crippen LogP contribution in [0.3, 0.4) is 0 Å². The van der Waals surface area contributed by atoms with Crippen molar-refractivity contribution in [3.8, 4) is 0 Å². The first-order valence-corrected chi connectivity index (χ1v) is 9.19. The number of allylic oxidation sites excluding steroid dienone is 2. The third kappa shape index (κ3) is 3.13. The fraction of sp³-hybridized carbons (Fsp3) is 0.318. The van der Waals surface area contributed by atoms with E-state index in [0.29, 0.717) is 0 Å². The van der Waals surface area contributed by atoms with Crippen LogP contribution in [0.1, 0.15) is 31.9 Å². The fourth-order valence-electron chi connectivity index (χ4n) is 3.73. The molecule has 0 fully saturated rings. The van der Waals surface area contributed by atoms with Crippen molar-refractivity contribution in [3.63, 3.8) is 0 Å². The van der Waals surface area contributed by atoms with Crippen LogP contribution in [0.15, 0.2) is 66.7 Å². The fourth-order valence-corrected chi connectivity index (χ4v) is 3.73. The van der Waals surface area contributed by atoms with Crippen molar-refractivity contribution in [3.05, 3.63) is 77.8 Å². The molecule has 26 heavy (non-hydrogen) atoms. The predicted octanol–water partition coefficient (Wildman–Crippen LogP) is 4.18. The van der Waals surface area contributed by atoms with Crippen molar-refractivity contribution in [2.24, 2.45) is 0 Å². The van der Waals surface area contributed by atoms with Crippen LogP contribution in [0.5, 0.6) is 0 Å². The molecule has 2 aliphatic rings. The molecule has 4 nitrogen and oxygen atoms in total. The smallest absolute Gasteiger partial charge is 0.106 e. The highest BCUT2D eigenvalue weighted by atomic mass is 15.3. The maximum atomic E-state index is 4.09. The van der Waals surface area contributed by atoms with Gasteiger partial charge in [-0.3, -0.25) is 10.3 Å². The molecule has 1 atom stereocenters. The van der Waals surface area contributed by atoms with Gasteiger partial charge in [0, 0.05) is 48.5 Å². The monoisotopic (exact) mass is 346 g/mol. The van der Waals surface area contributed by atoms with Gasteiger partial charge in [0.25, 0.3) is 0 Å². The van der Waals surface area contributed by atoms with Crippen LogP contribution in [0.25, 0.3) is 0 Å². The molecule has 4 rings (SSSR count). The molecule has 0 radical (unpaired) electrons. The third-order valence-electron chi connectivity index (χ3n) is 5.32. The maximum absolute atomic E-state index is 4.09. The first kappa shape index (κ1) is 16.9. The van der Waals surface area contributed by atoms with Crippen molar-refractivity contribution in [2.45, 2.75) is 38.9 Å². The zero-order valence-electron chi connectivity index (χ0n) is 15.7. The van der Waals surface area contributed by atoms with Crippen molar-refractivity contribution >= 4 is 11.4 Å². The molecule has 0 amide bonds. The zero-order chi connectivity index (χ0) is 18.1. The van der Waals surface area contributed by atoms with E-state index in [1.165, 1.54) is 28.1 Å². The Morgan fingerprint density at radius 3 is 2.85 bits per heavy atom. The Balaban J connectivity index is 1.58. The highest BCUT2D eigenvalue weighted by Gasteiger charge is 2.30. The van der Waals surface area contributed by atoms with Gasteiger partial charge >= 0.3 is 0 Å². The molecule has 134 valence electrons. The number of nitrogens with zero attached hydrogens (tertiary/aromatic N) is 2. The molecule has 0 aliphatic carbocycles. The van der Waals surface area contributed by atoms with E-state index in [2.05, 4.69) is 90.0 Å². The summed E-state index contributed by atoms with van der Waals surface area (Å²) >= 11 is 0. The molecule has 1 aromatic heterocycles. The van der Waals surface area contributed by atoms with Gasteiger partial charge in [-0.05, 0) is 54.0 Å². The van der Waals surface area contributed by atoms with Crippen LogP contribution < -0.4 is 15.5 Å². The Kier molecular flexibility index (Phi) is 4.29. The Hall–Kier alpha value is -2.59. The maximum Gasteiger partial charge on any atom is 0.106 e. The van der Waals surface area contributed by atoms with Crippen LogP contribution in [0, 0.1) is 0 Å². The minimum atomic E-state index is 0.139. The van der Waals surface area contributed by atoms with E-state index in [1.807, 2.05) is 12.4 Å². The molecular weight excluding hydrogens is 320 g/mol. The van der Waals surface area contributed by atoms with E-state index in [-0.39, 0.29) is 11.6 Å². The molecule has 0 saturated heterocycles. The SMILES string of the molecule is CC1=CC=CN(c2ccc3c(c2)NCC3(C)C)C1NCc1ccncc1. The number of aromatic nitrogens is 1. The number of fused-ring (bicyclic) bond motifs is 1. The van der Waals surface area contributed by atoms with E-state index >= 15 is 0 Å². The third-order valence-corrected chi connectivity index (χ3v) is 5.32. The lowest BCUT2D eigenvalue weighted by Crippen LogP contribution is -2.44. The highest BCUT2D eigenvalue weighted by Crippen LogP contribution is 2.39. The van der Waals surface area contributed by atoms with Gasteiger partial charge < -0.3 is 10.2 Å². The summed E-state index contributed by atoms with van der Waals surface area (Å²) in [5.41, 5.74) is 6.58. The summed E-state index contributed by atoms with van der Waals surface area (Å²) in [4.78, 5) is 6.40. The molecular formula is C22H26N4. The van der Waals surface area contributed by atoms with Gasteiger partial charge in [0.2, 0.25) is 0 Å². The van der Waals surface area contributed by atoms with Crippen molar-refractivity contribution in [2.75, 3.05) is 16.8 Å². The summed E-state index contributed by atoms with van der Waals surface area (Å²) < 4.78 is 0. The van der Waals surface area contributed by atoms with Crippen LogP contribution in [-0.4, -0.2) is 17.7 Å². The number of anilines is 2. The molecule has 2 N–H and O–H groups in total. The van der Waals surface area contributed by atoms with Gasteiger partial charge in [-0.15, -0.1) is 0 Å². The zero-order valence-corrected chi connectivity index (χ0v) is 15.7. The molecule has 0 spiro atoms. The number of hydrogen-bond donors (Lipinski definition) is 2. The van der Waals surface area contributed by atoms with Gasteiger partial charge in [-0.25, -0.2) is 0 Å². The van der Waals surface area contributed by atoms with Crippen LogP contribution in [0.4, 0.5) is 11.4 Å². The van der Waals surface area contributed by atoms with Gasteiger partial charge in [-0.2, -0.15) is 0 Å². The number of hydrogen-bond acceptors (Lipinski definition) is 4. The topological polar surface area (TPSA) is 40.2 Å². The minimum Gasteiger partial charge on any atom is -0.384 e. The lowest BCUT2D eigenvalue weighted by Gasteiger charge is -2.34. The molecule has 2 aliphatic heterocycles. The molecule has 1 unspecified atom stereocenters. The molecule has 2 aromatic rings. The minimum absolute atomic E-state index is 0.139. The molecule has 3 heterocycles. The van der Waals surface area contributed by atoms with E-state index < -0.39 is 0 Å². The summed E-state index contributed by atoms with van der Waals surface area (Å²) in [5, 5.41) is 7.24. The summed E-state index contributed by atoms with van der Waals surface area (Å²) in [5.74, 6) is 0. The molecule has 1 aromatic carbocycles. The second-order valence-electron chi connectivity index (χ2n) is 7.77. The Bertz CT molecular complexity index is 852. The molecule has 0 saturated carbocycles. The Morgan fingerprint density at radius 1 is 1.23 bits per heavy atom. The summed E-state index contributed by atoms with van der Waals surface area (Å²) in [6, 6.07) is 10.9. The van der Waals surface area contributed by atoms with E-state index in [9.17, 15) is 0 Å². The number of pyridine rings is 1. The van der Waals surface area contributed by atoms with Crippen molar-refractivity contribution < 1.29 is 0 Å². The lowest BCUT2D eigenvalue weighted by atomic mass is 9.87. The quantitative estimate of drug-likeness (QED) is 0.871. The average molecular weight is 346 g/mol. The van der Waals surface area contributed by atoms with Gasteiger partial charge in [0.05, 0.1) is 0 Å². The van der Waals surface area contributed by atoms with E-state index in [0.717, 1.165) is 13.1 Å². The van der Waals surface area contributed by atoms with Gasteiger partial charge in [0.1, 0.15) is 6.17 Å². The highest BCUT2D eigenvalue weighted by molar-refractivity contribution is 5.69. The second-order valence-corrected chi connectivity index (χ2v) is 7.77. The molecule has 0 bridgehead atoms. The first-order chi connectivity index (χ1) is 12.5. The summed E-state index contributed by atoms with van der Waals surface area (Å²) in [6.07, 6.45) is 10.3. The van der Waals surface area contributed by atoms with Crippen LogP contribution >= 0.6 is 0 Å². The van der Waals surface area contributed by atoms with Crippen molar-refractivity contribution in [1.29, 1.82) is 0 Å². The van der Waals surface area contributed by atoms with E-state index in [1.54, 1.807) is 0 Å². The van der Waals surface area contributed by atoms with Crippen molar-refractivity contribution in [1.82, 2.24) is 10.3 Å². The van der Waals surface area contributed by atoms with Gasteiger partial charge in [0.15, 0.2) is 0 Å². The van der Waals surface area contributed by atoms with Crippen LogP contribution in [-0.2, 0) is 12.0 Å². The lowest BCUT2D eigenvalue weighted by molar-refractivity contribution is 0.567. The van der Waals surface area contributed by atoms with Gasteiger partial charge in [-0.1, -0.05) is 26.0 Å². The summed E-state index contributed by atoms with van der Waals surface area (Å²) in [6.45, 7) is 8.55. The Morgan fingerprint density at radius 2 is 2.04 bits per heavy atom. The Labute approximate surface area is 155 Å². The second kappa shape index (κ2) is 6.61. The summed E-state index contributed by atoms with van der Waals surface area (Å²) in [7, 11) is 0. The largest absolute Gasteiger partial charge is 0.384 e. The number of nitrogens with one attached hydrogen (secondary N) is 2. The standard InChI is InChI=1S/C22H26N4/c1-16-5-4-12-26(21(16)24-14-17-8-10-23-11-9-17)18-6-7-19-20(13-18)25-15-22(19,2)3/h4-13,21,24-25H,14-15H2,1-3H3.